The molecule has 1 saturated heterocycles. The molecule has 1 saturated carbocycles. The van der Waals surface area contributed by atoms with Crippen LogP contribution in [-0.4, -0.2) is 38.0 Å². The molecular formula is C18H24N4O2. The van der Waals surface area contributed by atoms with Crippen molar-refractivity contribution >= 4 is 17.1 Å². The van der Waals surface area contributed by atoms with Gasteiger partial charge in [-0.2, -0.15) is 0 Å². The van der Waals surface area contributed by atoms with Gasteiger partial charge in [-0.1, -0.05) is 12.8 Å². The first-order valence-corrected chi connectivity index (χ1v) is 8.95. The van der Waals surface area contributed by atoms with Crippen molar-refractivity contribution in [3.05, 3.63) is 28.8 Å². The first-order valence-electron chi connectivity index (χ1n) is 8.95. The van der Waals surface area contributed by atoms with E-state index < -0.39 is 0 Å². The fraction of sp³-hybridized carbons (Fsp3) is 0.611. The zero-order chi connectivity index (χ0) is 16.7. The highest BCUT2D eigenvalue weighted by molar-refractivity contribution is 5.77. The highest BCUT2D eigenvalue weighted by Gasteiger charge is 2.31. The Morgan fingerprint density at radius 1 is 1.29 bits per heavy atom. The number of hydrogen-bond donors (Lipinski definition) is 0. The normalized spacial score (nSPS) is 21.9. The van der Waals surface area contributed by atoms with Crippen molar-refractivity contribution in [2.45, 2.75) is 44.6 Å². The van der Waals surface area contributed by atoms with Crippen LogP contribution in [0.4, 0.5) is 0 Å². The number of fused-ring (bicyclic) bond motifs is 1. The predicted molar refractivity (Wildman–Crippen MR) is 91.8 cm³/mol. The van der Waals surface area contributed by atoms with Gasteiger partial charge in [0.2, 0.25) is 5.91 Å². The lowest BCUT2D eigenvalue weighted by Gasteiger charge is -2.19. The van der Waals surface area contributed by atoms with E-state index in [1.54, 1.807) is 22.4 Å². The van der Waals surface area contributed by atoms with Crippen molar-refractivity contribution in [3.8, 4) is 0 Å². The van der Waals surface area contributed by atoms with Gasteiger partial charge in [0.15, 0.2) is 5.65 Å². The summed E-state index contributed by atoms with van der Waals surface area (Å²) in [5, 5.41) is 0. The minimum atomic E-state index is -0.0428. The molecule has 0 aromatic carbocycles. The molecule has 128 valence electrons. The average Bonchev–Trinajstić information content (AvgIpc) is 3.30. The number of amides is 1. The van der Waals surface area contributed by atoms with E-state index in [4.69, 9.17) is 0 Å². The minimum Gasteiger partial charge on any atom is -0.341 e. The molecular weight excluding hydrogens is 304 g/mol. The van der Waals surface area contributed by atoms with Crippen molar-refractivity contribution in [2.24, 2.45) is 13.0 Å². The summed E-state index contributed by atoms with van der Waals surface area (Å²) in [5.41, 5.74) is 1.53. The monoisotopic (exact) mass is 328 g/mol. The summed E-state index contributed by atoms with van der Waals surface area (Å²) in [4.78, 5) is 31.5. The summed E-state index contributed by atoms with van der Waals surface area (Å²) >= 11 is 0. The molecule has 0 spiro atoms. The number of hydrogen-bond acceptors (Lipinski definition) is 3. The zero-order valence-corrected chi connectivity index (χ0v) is 14.1. The van der Waals surface area contributed by atoms with Crippen molar-refractivity contribution < 1.29 is 4.79 Å². The zero-order valence-electron chi connectivity index (χ0n) is 14.1. The second-order valence-corrected chi connectivity index (χ2v) is 7.19. The van der Waals surface area contributed by atoms with Crippen molar-refractivity contribution in [3.63, 3.8) is 0 Å². The number of pyridine rings is 1. The Labute approximate surface area is 141 Å². The van der Waals surface area contributed by atoms with E-state index in [9.17, 15) is 9.59 Å². The van der Waals surface area contributed by atoms with Gasteiger partial charge < -0.3 is 4.90 Å². The fourth-order valence-corrected chi connectivity index (χ4v) is 4.29. The van der Waals surface area contributed by atoms with Gasteiger partial charge in [0.05, 0.1) is 11.6 Å². The summed E-state index contributed by atoms with van der Waals surface area (Å²) in [6.07, 6.45) is 8.12. The van der Waals surface area contributed by atoms with Crippen LogP contribution < -0.4 is 5.69 Å². The lowest BCUT2D eigenvalue weighted by Crippen LogP contribution is -2.32. The van der Waals surface area contributed by atoms with E-state index in [1.165, 1.54) is 25.7 Å². The third-order valence-electron chi connectivity index (χ3n) is 5.67. The maximum Gasteiger partial charge on any atom is 0.330 e. The second-order valence-electron chi connectivity index (χ2n) is 7.19. The first-order chi connectivity index (χ1) is 11.6. The Bertz CT molecular complexity index is 816. The molecule has 2 aromatic rings. The van der Waals surface area contributed by atoms with Gasteiger partial charge in [-0.25, -0.2) is 9.78 Å². The Hall–Kier alpha value is -2.11. The number of nitrogens with zero attached hydrogens (tertiary/aromatic N) is 4. The molecule has 0 bridgehead atoms. The molecule has 3 heterocycles. The van der Waals surface area contributed by atoms with Crippen LogP contribution in [0.15, 0.2) is 23.1 Å². The quantitative estimate of drug-likeness (QED) is 0.867. The van der Waals surface area contributed by atoms with E-state index in [-0.39, 0.29) is 17.6 Å². The second kappa shape index (κ2) is 6.07. The molecule has 1 amide bonds. The Kier molecular flexibility index (Phi) is 3.90. The molecule has 1 atom stereocenters. The molecule has 0 unspecified atom stereocenters. The summed E-state index contributed by atoms with van der Waals surface area (Å²) in [5.74, 6) is 0.823. The van der Waals surface area contributed by atoms with Gasteiger partial charge in [-0.05, 0) is 37.3 Å². The molecule has 24 heavy (non-hydrogen) atoms. The molecule has 6 heteroatoms. The smallest absolute Gasteiger partial charge is 0.330 e. The van der Waals surface area contributed by atoms with Gasteiger partial charge in [-0.3, -0.25) is 13.9 Å². The molecule has 1 aliphatic carbocycles. The fourth-order valence-electron chi connectivity index (χ4n) is 4.29. The van der Waals surface area contributed by atoms with Gasteiger partial charge in [0.25, 0.3) is 0 Å². The van der Waals surface area contributed by atoms with Crippen LogP contribution in [0.25, 0.3) is 11.2 Å². The number of likely N-dealkylation sites (tertiary alicyclic amines) is 1. The van der Waals surface area contributed by atoms with Crippen LogP contribution >= 0.6 is 0 Å². The summed E-state index contributed by atoms with van der Waals surface area (Å²) in [6, 6.07) is 3.79. The van der Waals surface area contributed by atoms with Crippen LogP contribution in [0.5, 0.6) is 0 Å². The highest BCUT2D eigenvalue weighted by atomic mass is 16.2. The largest absolute Gasteiger partial charge is 0.341 e. The van der Waals surface area contributed by atoms with Crippen molar-refractivity contribution in [1.82, 2.24) is 19.0 Å². The standard InChI is InChI=1S/C18H24N4O2/c1-20-15-7-4-9-19-17(15)22(18(20)24)14-8-10-21(12-14)16(23)11-13-5-2-3-6-13/h4,7,9,13-14H,2-3,5-6,8,10-12H2,1H3/t14-/m0/s1. The first kappa shape index (κ1) is 15.4. The van der Waals surface area contributed by atoms with E-state index in [0.29, 0.717) is 18.9 Å². The topological polar surface area (TPSA) is 60.1 Å². The maximum absolute atomic E-state index is 12.6. The molecule has 4 rings (SSSR count). The number of aryl methyl sites for hydroxylation is 1. The van der Waals surface area contributed by atoms with E-state index in [2.05, 4.69) is 4.98 Å². The lowest BCUT2D eigenvalue weighted by atomic mass is 10.0. The predicted octanol–water partition coefficient (Wildman–Crippen LogP) is 2.09. The van der Waals surface area contributed by atoms with Crippen molar-refractivity contribution in [2.75, 3.05) is 13.1 Å². The van der Waals surface area contributed by atoms with Gasteiger partial charge in [-0.15, -0.1) is 0 Å². The molecule has 0 N–H and O–H groups in total. The third-order valence-corrected chi connectivity index (χ3v) is 5.67. The van der Waals surface area contributed by atoms with Crippen LogP contribution in [-0.2, 0) is 11.8 Å². The Morgan fingerprint density at radius 2 is 2.08 bits per heavy atom. The number of imidazole rings is 1. The van der Waals surface area contributed by atoms with Crippen molar-refractivity contribution in [1.29, 1.82) is 0 Å². The molecule has 1 aliphatic heterocycles. The van der Waals surface area contributed by atoms with Crippen LogP contribution in [0.1, 0.15) is 44.6 Å². The van der Waals surface area contributed by atoms with Gasteiger partial charge >= 0.3 is 5.69 Å². The minimum absolute atomic E-state index is 0.0311. The number of carbonyl (C=O) groups excluding carboxylic acids is 1. The average molecular weight is 328 g/mol. The molecule has 2 aromatic heterocycles. The highest BCUT2D eigenvalue weighted by Crippen LogP contribution is 2.30. The SMILES string of the molecule is Cn1c(=O)n([C@H]2CCN(C(=O)CC3CCCC3)C2)c2ncccc21. The number of aromatic nitrogens is 3. The van der Waals surface area contributed by atoms with E-state index >= 15 is 0 Å². The molecule has 2 aliphatic rings. The number of carbonyl (C=O) groups is 1. The van der Waals surface area contributed by atoms with E-state index in [1.807, 2.05) is 17.0 Å². The lowest BCUT2D eigenvalue weighted by molar-refractivity contribution is -0.131. The van der Waals surface area contributed by atoms with E-state index in [0.717, 1.165) is 24.1 Å². The molecule has 2 fully saturated rings. The Morgan fingerprint density at radius 3 is 2.88 bits per heavy atom. The summed E-state index contributed by atoms with van der Waals surface area (Å²) in [7, 11) is 1.78. The summed E-state index contributed by atoms with van der Waals surface area (Å²) in [6.45, 7) is 1.37. The van der Waals surface area contributed by atoms with Crippen LogP contribution in [0, 0.1) is 5.92 Å². The van der Waals surface area contributed by atoms with Crippen LogP contribution in [0.2, 0.25) is 0 Å². The summed E-state index contributed by atoms with van der Waals surface area (Å²) < 4.78 is 3.42. The molecule has 0 radical (unpaired) electrons. The van der Waals surface area contributed by atoms with Gasteiger partial charge in [0.1, 0.15) is 0 Å². The van der Waals surface area contributed by atoms with Crippen LogP contribution in [0.3, 0.4) is 0 Å². The third kappa shape index (κ3) is 2.54. The van der Waals surface area contributed by atoms with Gasteiger partial charge in [0, 0.05) is 32.8 Å². The Balaban J connectivity index is 1.54. The molecule has 6 nitrogen and oxygen atoms in total. The number of rotatable bonds is 3. The maximum atomic E-state index is 12.6.